The summed E-state index contributed by atoms with van der Waals surface area (Å²) in [4.78, 5) is 37.5. The molecule has 7 heteroatoms. The third-order valence-corrected chi connectivity index (χ3v) is 5.64. The van der Waals surface area contributed by atoms with Crippen LogP contribution < -0.4 is 5.32 Å². The van der Waals surface area contributed by atoms with Crippen LogP contribution in [-0.2, 0) is 27.1 Å². The number of aryl methyl sites for hydroxylation is 2. The Morgan fingerprint density at radius 1 is 1.07 bits per heavy atom. The molecule has 1 heterocycles. The maximum Gasteiger partial charge on any atom is 0.341 e. The monoisotopic (exact) mass is 387 g/mol. The predicted octanol–water partition coefficient (Wildman–Crippen LogP) is 3.52. The van der Waals surface area contributed by atoms with E-state index in [9.17, 15) is 14.4 Å². The molecule has 0 radical (unpaired) electrons. The van der Waals surface area contributed by atoms with Gasteiger partial charge in [0.15, 0.2) is 6.61 Å². The molecule has 0 saturated heterocycles. The van der Waals surface area contributed by atoms with Gasteiger partial charge in [0.25, 0.3) is 5.91 Å². The number of nitrogens with one attached hydrogen (secondary N) is 1. The van der Waals surface area contributed by atoms with Gasteiger partial charge in [0.1, 0.15) is 5.00 Å². The zero-order chi connectivity index (χ0) is 19.4. The summed E-state index contributed by atoms with van der Waals surface area (Å²) in [6.07, 6.45) is 3.77. The summed E-state index contributed by atoms with van der Waals surface area (Å²) in [5.74, 6) is -1.51. The maximum atomic E-state index is 12.2. The fourth-order valence-electron chi connectivity index (χ4n) is 3.04. The van der Waals surface area contributed by atoms with Crippen molar-refractivity contribution in [3.8, 4) is 0 Å². The lowest BCUT2D eigenvalue weighted by Gasteiger charge is -2.11. The molecule has 0 spiro atoms. The van der Waals surface area contributed by atoms with Crippen molar-refractivity contribution >= 4 is 34.2 Å². The van der Waals surface area contributed by atoms with Crippen LogP contribution in [-0.4, -0.2) is 31.6 Å². The molecule has 2 aromatic rings. The first-order valence-corrected chi connectivity index (χ1v) is 9.57. The largest absolute Gasteiger partial charge is 0.465 e. The van der Waals surface area contributed by atoms with Crippen molar-refractivity contribution in [2.45, 2.75) is 32.6 Å². The molecule has 0 unspecified atom stereocenters. The molecule has 27 heavy (non-hydrogen) atoms. The second kappa shape index (κ2) is 8.35. The zero-order valence-corrected chi connectivity index (χ0v) is 16.1. The van der Waals surface area contributed by atoms with Gasteiger partial charge in [-0.15, -0.1) is 11.3 Å². The highest BCUT2D eigenvalue weighted by Gasteiger charge is 2.27. The molecular weight excluding hydrogens is 366 g/mol. The first kappa shape index (κ1) is 19.1. The summed E-state index contributed by atoms with van der Waals surface area (Å²) in [6, 6.07) is 6.90. The molecular formula is C20H21NO5S. The summed E-state index contributed by atoms with van der Waals surface area (Å²) < 4.78 is 9.95. The molecule has 0 saturated carbocycles. The summed E-state index contributed by atoms with van der Waals surface area (Å²) in [7, 11) is 1.32. The lowest BCUT2D eigenvalue weighted by atomic mass is 9.95. The quantitative estimate of drug-likeness (QED) is 0.794. The van der Waals surface area contributed by atoms with Crippen LogP contribution in [0.5, 0.6) is 0 Å². The van der Waals surface area contributed by atoms with Crippen molar-refractivity contribution in [3.63, 3.8) is 0 Å². The Morgan fingerprint density at radius 3 is 2.48 bits per heavy atom. The maximum absolute atomic E-state index is 12.2. The van der Waals surface area contributed by atoms with E-state index in [1.807, 2.05) is 6.92 Å². The summed E-state index contributed by atoms with van der Waals surface area (Å²) in [5, 5.41) is 3.16. The molecule has 1 aromatic carbocycles. The van der Waals surface area contributed by atoms with Gasteiger partial charge < -0.3 is 14.8 Å². The number of thiophene rings is 1. The van der Waals surface area contributed by atoms with Gasteiger partial charge in [0.2, 0.25) is 0 Å². The number of hydrogen-bond donors (Lipinski definition) is 1. The van der Waals surface area contributed by atoms with Crippen molar-refractivity contribution in [1.29, 1.82) is 0 Å². The Balaban J connectivity index is 1.67. The van der Waals surface area contributed by atoms with E-state index in [2.05, 4.69) is 5.32 Å². The van der Waals surface area contributed by atoms with E-state index in [1.165, 1.54) is 18.4 Å². The van der Waals surface area contributed by atoms with E-state index in [1.54, 1.807) is 24.3 Å². The average Bonchev–Trinajstić information content (AvgIpc) is 3.03. The van der Waals surface area contributed by atoms with Crippen molar-refractivity contribution in [2.24, 2.45) is 0 Å². The molecule has 3 rings (SSSR count). The molecule has 142 valence electrons. The second-order valence-electron chi connectivity index (χ2n) is 6.40. The molecule has 1 N–H and O–H groups in total. The van der Waals surface area contributed by atoms with Crippen molar-refractivity contribution in [2.75, 3.05) is 19.0 Å². The third kappa shape index (κ3) is 4.36. The van der Waals surface area contributed by atoms with Gasteiger partial charge in [0.05, 0.1) is 18.2 Å². The number of carbonyl (C=O) groups excluding carboxylic acids is 3. The van der Waals surface area contributed by atoms with Gasteiger partial charge in [-0.2, -0.15) is 0 Å². The Bertz CT molecular complexity index is 869. The summed E-state index contributed by atoms with van der Waals surface area (Å²) in [5.41, 5.74) is 2.80. The topological polar surface area (TPSA) is 81.7 Å². The third-order valence-electron chi connectivity index (χ3n) is 4.44. The minimum atomic E-state index is -0.566. The number of amides is 1. The Hall–Kier alpha value is -2.67. The number of esters is 2. The molecule has 0 fully saturated rings. The fourth-order valence-corrected chi connectivity index (χ4v) is 4.33. The van der Waals surface area contributed by atoms with Crippen LogP contribution in [0.25, 0.3) is 0 Å². The van der Waals surface area contributed by atoms with Gasteiger partial charge in [-0.05, 0) is 50.3 Å². The SMILES string of the molecule is COC(=O)c1c(NC(=O)COC(=O)c2ccc(C)cc2)sc2c1CCCC2. The number of anilines is 1. The van der Waals surface area contributed by atoms with Gasteiger partial charge in [-0.3, -0.25) is 4.79 Å². The predicted molar refractivity (Wildman–Crippen MR) is 102 cm³/mol. The van der Waals surface area contributed by atoms with Crippen LogP contribution in [0.2, 0.25) is 0 Å². The van der Waals surface area contributed by atoms with E-state index in [0.29, 0.717) is 16.1 Å². The Labute approximate surface area is 161 Å². The summed E-state index contributed by atoms with van der Waals surface area (Å²) >= 11 is 1.39. The first-order chi connectivity index (χ1) is 13.0. The van der Waals surface area contributed by atoms with Gasteiger partial charge in [-0.1, -0.05) is 17.7 Å². The Kier molecular flexibility index (Phi) is 5.91. The van der Waals surface area contributed by atoms with Crippen LogP contribution in [0.4, 0.5) is 5.00 Å². The molecule has 0 aliphatic heterocycles. The minimum Gasteiger partial charge on any atom is -0.465 e. The van der Waals surface area contributed by atoms with Crippen molar-refractivity contribution in [3.05, 3.63) is 51.4 Å². The molecule has 1 amide bonds. The lowest BCUT2D eigenvalue weighted by Crippen LogP contribution is -2.21. The molecule has 1 aliphatic carbocycles. The van der Waals surface area contributed by atoms with E-state index < -0.39 is 24.5 Å². The number of benzene rings is 1. The highest BCUT2D eigenvalue weighted by molar-refractivity contribution is 7.17. The Morgan fingerprint density at radius 2 is 1.78 bits per heavy atom. The summed E-state index contributed by atoms with van der Waals surface area (Å²) in [6.45, 7) is 1.50. The van der Waals surface area contributed by atoms with E-state index >= 15 is 0 Å². The van der Waals surface area contributed by atoms with Crippen LogP contribution in [0, 0.1) is 6.92 Å². The number of rotatable bonds is 5. The normalized spacial score (nSPS) is 12.8. The number of hydrogen-bond acceptors (Lipinski definition) is 6. The molecule has 0 atom stereocenters. The van der Waals surface area contributed by atoms with E-state index in [0.717, 1.165) is 41.7 Å². The zero-order valence-electron chi connectivity index (χ0n) is 15.3. The highest BCUT2D eigenvalue weighted by atomic mass is 32.1. The van der Waals surface area contributed by atoms with E-state index in [4.69, 9.17) is 9.47 Å². The average molecular weight is 387 g/mol. The van der Waals surface area contributed by atoms with Crippen molar-refractivity contribution < 1.29 is 23.9 Å². The first-order valence-electron chi connectivity index (χ1n) is 8.76. The van der Waals surface area contributed by atoms with E-state index in [-0.39, 0.29) is 0 Å². The molecule has 0 bridgehead atoms. The van der Waals surface area contributed by atoms with Gasteiger partial charge in [0, 0.05) is 4.88 Å². The van der Waals surface area contributed by atoms with Crippen molar-refractivity contribution in [1.82, 2.24) is 0 Å². The number of methoxy groups -OCH3 is 1. The second-order valence-corrected chi connectivity index (χ2v) is 7.50. The lowest BCUT2D eigenvalue weighted by molar-refractivity contribution is -0.119. The number of ether oxygens (including phenoxy) is 2. The van der Waals surface area contributed by atoms with Gasteiger partial charge >= 0.3 is 11.9 Å². The van der Waals surface area contributed by atoms with Crippen LogP contribution in [0.15, 0.2) is 24.3 Å². The minimum absolute atomic E-state index is 0.384. The van der Waals surface area contributed by atoms with Crippen LogP contribution in [0.3, 0.4) is 0 Å². The number of fused-ring (bicyclic) bond motifs is 1. The van der Waals surface area contributed by atoms with Crippen LogP contribution in [0.1, 0.15) is 49.6 Å². The molecule has 1 aliphatic rings. The number of carbonyl (C=O) groups is 3. The molecule has 1 aromatic heterocycles. The smallest absolute Gasteiger partial charge is 0.341 e. The fraction of sp³-hybridized carbons (Fsp3) is 0.350. The van der Waals surface area contributed by atoms with Gasteiger partial charge in [-0.25, -0.2) is 9.59 Å². The highest BCUT2D eigenvalue weighted by Crippen LogP contribution is 2.38. The molecule has 6 nitrogen and oxygen atoms in total. The standard InChI is InChI=1S/C20H21NO5S/c1-12-7-9-13(10-8-12)19(23)26-11-16(22)21-18-17(20(24)25-2)14-5-3-4-6-15(14)27-18/h7-10H,3-6,11H2,1-2H3,(H,21,22). The van der Waals surface area contributed by atoms with Crippen LogP contribution >= 0.6 is 11.3 Å².